The van der Waals surface area contributed by atoms with Crippen molar-refractivity contribution in [1.29, 1.82) is 0 Å². The molecule has 1 aliphatic carbocycles. The second-order valence-electron chi connectivity index (χ2n) is 7.49. The first-order valence-corrected chi connectivity index (χ1v) is 10.8. The molecule has 1 atom stereocenters. The fourth-order valence-electron chi connectivity index (χ4n) is 3.67. The molecule has 4 nitrogen and oxygen atoms in total. The summed E-state index contributed by atoms with van der Waals surface area (Å²) in [5.41, 5.74) is 0.956. The third kappa shape index (κ3) is 6.13. The molecule has 146 valence electrons. The minimum atomic E-state index is 0.0109. The minimum absolute atomic E-state index is 0.0109. The van der Waals surface area contributed by atoms with Gasteiger partial charge < -0.3 is 10.1 Å². The Balaban J connectivity index is 1.63. The van der Waals surface area contributed by atoms with Gasteiger partial charge in [0.15, 0.2) is 0 Å². The largest absolute Gasteiger partial charge is 0.497 e. The maximum atomic E-state index is 12.6. The average molecular weight is 387 g/mol. The molecule has 1 unspecified atom stereocenters. The molecule has 0 spiro atoms. The lowest BCUT2D eigenvalue weighted by molar-refractivity contribution is -0.119. The zero-order valence-electron chi connectivity index (χ0n) is 16.4. The molecule has 1 amide bonds. The van der Waals surface area contributed by atoms with Crippen molar-refractivity contribution in [3.63, 3.8) is 0 Å². The number of hydrogen-bond acceptors (Lipinski definition) is 4. The van der Waals surface area contributed by atoms with Crippen molar-refractivity contribution in [3.8, 4) is 5.75 Å². The van der Waals surface area contributed by atoms with E-state index < -0.39 is 0 Å². The summed E-state index contributed by atoms with van der Waals surface area (Å²) >= 11 is 1.67. The number of benzene rings is 1. The van der Waals surface area contributed by atoms with E-state index in [0.717, 1.165) is 22.8 Å². The summed E-state index contributed by atoms with van der Waals surface area (Å²) in [6, 6.07) is 7.96. The Morgan fingerprint density at radius 3 is 2.78 bits per heavy atom. The second-order valence-corrected chi connectivity index (χ2v) is 8.55. The zero-order chi connectivity index (χ0) is 19.1. The predicted octanol–water partition coefficient (Wildman–Crippen LogP) is 5.09. The molecule has 2 aliphatic rings. The van der Waals surface area contributed by atoms with Crippen LogP contribution in [0.3, 0.4) is 0 Å². The number of nitrogens with zero attached hydrogens (tertiary/aromatic N) is 1. The molecule has 1 aliphatic heterocycles. The van der Waals surface area contributed by atoms with Crippen molar-refractivity contribution >= 4 is 22.7 Å². The highest BCUT2D eigenvalue weighted by Gasteiger charge is 2.23. The van der Waals surface area contributed by atoms with Crippen molar-refractivity contribution in [3.05, 3.63) is 40.9 Å². The molecule has 1 N–H and O–H groups in total. The summed E-state index contributed by atoms with van der Waals surface area (Å²) in [5, 5.41) is 5.27. The van der Waals surface area contributed by atoms with E-state index in [1.807, 2.05) is 24.3 Å². The SMILES string of the molecule is COc1cccc(CC(=O)NC2=CCC(C)N=C(C3CCCCCC3)S2)c1. The van der Waals surface area contributed by atoms with Gasteiger partial charge in [0.2, 0.25) is 5.91 Å². The van der Waals surface area contributed by atoms with Gasteiger partial charge in [-0.2, -0.15) is 0 Å². The summed E-state index contributed by atoms with van der Waals surface area (Å²) < 4.78 is 5.24. The number of carbonyl (C=O) groups is 1. The van der Waals surface area contributed by atoms with E-state index in [-0.39, 0.29) is 11.9 Å². The molecule has 1 fully saturated rings. The number of nitrogens with one attached hydrogen (secondary N) is 1. The summed E-state index contributed by atoms with van der Waals surface area (Å²) in [7, 11) is 1.64. The van der Waals surface area contributed by atoms with E-state index in [0.29, 0.717) is 12.3 Å². The quantitative estimate of drug-likeness (QED) is 0.717. The highest BCUT2D eigenvalue weighted by molar-refractivity contribution is 8.17. The molecule has 0 radical (unpaired) electrons. The Morgan fingerprint density at radius 1 is 1.26 bits per heavy atom. The lowest BCUT2D eigenvalue weighted by atomic mass is 10.0. The monoisotopic (exact) mass is 386 g/mol. The van der Waals surface area contributed by atoms with Crippen LogP contribution in [-0.2, 0) is 11.2 Å². The Bertz CT molecular complexity index is 706. The summed E-state index contributed by atoms with van der Waals surface area (Å²) in [4.78, 5) is 17.5. The zero-order valence-corrected chi connectivity index (χ0v) is 17.2. The third-order valence-electron chi connectivity index (χ3n) is 5.17. The molecule has 0 aromatic heterocycles. The molecular weight excluding hydrogens is 356 g/mol. The van der Waals surface area contributed by atoms with E-state index in [1.54, 1.807) is 18.9 Å². The number of rotatable bonds is 5. The number of ether oxygens (including phenoxy) is 1. The number of carbonyl (C=O) groups excluding carboxylic acids is 1. The molecule has 5 heteroatoms. The minimum Gasteiger partial charge on any atom is -0.497 e. The van der Waals surface area contributed by atoms with Crippen molar-refractivity contribution in [2.45, 2.75) is 64.3 Å². The standard InChI is InChI=1S/C22H30N2O2S/c1-16-12-13-21(27-22(23-16)18-9-5-3-4-6-10-18)24-20(25)15-17-8-7-11-19(14-17)26-2/h7-8,11,13-14,16,18H,3-6,9-10,12,15H2,1-2H3,(H,24,25). The topological polar surface area (TPSA) is 50.7 Å². The van der Waals surface area contributed by atoms with Crippen LogP contribution in [0.1, 0.15) is 57.4 Å². The number of hydrogen-bond donors (Lipinski definition) is 1. The molecule has 0 saturated heterocycles. The van der Waals surface area contributed by atoms with Gasteiger partial charge in [-0.3, -0.25) is 9.79 Å². The fraction of sp³-hybridized carbons (Fsp3) is 0.545. The number of thioether (sulfide) groups is 1. The molecule has 1 aromatic rings. The van der Waals surface area contributed by atoms with Gasteiger partial charge in [0, 0.05) is 5.92 Å². The molecule has 1 aromatic carbocycles. The van der Waals surface area contributed by atoms with Crippen molar-refractivity contribution in [2.75, 3.05) is 7.11 Å². The molecule has 1 heterocycles. The lowest BCUT2D eigenvalue weighted by Crippen LogP contribution is -2.24. The Labute approximate surface area is 166 Å². The first kappa shape index (κ1) is 20.0. The van der Waals surface area contributed by atoms with Gasteiger partial charge >= 0.3 is 0 Å². The first-order valence-electron chi connectivity index (χ1n) is 10.0. The van der Waals surface area contributed by atoms with Gasteiger partial charge in [-0.1, -0.05) is 55.7 Å². The van der Waals surface area contributed by atoms with E-state index in [9.17, 15) is 4.79 Å². The number of methoxy groups -OCH3 is 1. The Kier molecular flexibility index (Phi) is 7.39. The number of amides is 1. The van der Waals surface area contributed by atoms with Crippen LogP contribution in [0.2, 0.25) is 0 Å². The van der Waals surface area contributed by atoms with Crippen LogP contribution < -0.4 is 10.1 Å². The lowest BCUT2D eigenvalue weighted by Gasteiger charge is -2.18. The average Bonchev–Trinajstić information content (AvgIpc) is 3.03. The molecule has 1 saturated carbocycles. The van der Waals surface area contributed by atoms with Crippen LogP contribution in [0.25, 0.3) is 0 Å². The normalized spacial score (nSPS) is 21.5. The van der Waals surface area contributed by atoms with Crippen LogP contribution in [0.5, 0.6) is 5.75 Å². The fourth-order valence-corrected chi connectivity index (χ4v) is 4.87. The molecule has 3 rings (SSSR count). The number of aliphatic imine (C=N–C) groups is 1. The van der Waals surface area contributed by atoms with Gasteiger partial charge in [0.05, 0.1) is 29.6 Å². The van der Waals surface area contributed by atoms with Crippen molar-refractivity contribution in [2.24, 2.45) is 10.9 Å². The van der Waals surface area contributed by atoms with Crippen LogP contribution in [0.4, 0.5) is 0 Å². The van der Waals surface area contributed by atoms with Gasteiger partial charge in [0.25, 0.3) is 0 Å². The van der Waals surface area contributed by atoms with E-state index in [2.05, 4.69) is 18.3 Å². The van der Waals surface area contributed by atoms with E-state index >= 15 is 0 Å². The highest BCUT2D eigenvalue weighted by atomic mass is 32.2. The highest BCUT2D eigenvalue weighted by Crippen LogP contribution is 2.33. The van der Waals surface area contributed by atoms with Crippen LogP contribution in [0, 0.1) is 5.92 Å². The van der Waals surface area contributed by atoms with Crippen LogP contribution >= 0.6 is 11.8 Å². The smallest absolute Gasteiger partial charge is 0.229 e. The van der Waals surface area contributed by atoms with Crippen LogP contribution in [-0.4, -0.2) is 24.1 Å². The predicted molar refractivity (Wildman–Crippen MR) is 113 cm³/mol. The maximum absolute atomic E-state index is 12.6. The third-order valence-corrected chi connectivity index (χ3v) is 6.31. The van der Waals surface area contributed by atoms with Crippen molar-refractivity contribution in [1.82, 2.24) is 5.32 Å². The molecular formula is C22H30N2O2S. The maximum Gasteiger partial charge on any atom is 0.229 e. The summed E-state index contributed by atoms with van der Waals surface area (Å²) in [5.74, 6) is 1.34. The van der Waals surface area contributed by atoms with Crippen LogP contribution in [0.15, 0.2) is 40.4 Å². The van der Waals surface area contributed by atoms with Gasteiger partial charge in [-0.15, -0.1) is 0 Å². The first-order chi connectivity index (χ1) is 13.1. The summed E-state index contributed by atoms with van der Waals surface area (Å²) in [6.45, 7) is 2.16. The van der Waals surface area contributed by atoms with Crippen molar-refractivity contribution < 1.29 is 9.53 Å². The van der Waals surface area contributed by atoms with E-state index in [4.69, 9.17) is 9.73 Å². The van der Waals surface area contributed by atoms with E-state index in [1.165, 1.54) is 43.6 Å². The van der Waals surface area contributed by atoms with Gasteiger partial charge in [0.1, 0.15) is 5.75 Å². The Morgan fingerprint density at radius 2 is 2.04 bits per heavy atom. The summed E-state index contributed by atoms with van der Waals surface area (Å²) in [6.07, 6.45) is 11.1. The molecule has 27 heavy (non-hydrogen) atoms. The molecule has 0 bridgehead atoms. The second kappa shape index (κ2) is 9.98. The van der Waals surface area contributed by atoms with Gasteiger partial charge in [-0.25, -0.2) is 0 Å². The van der Waals surface area contributed by atoms with Gasteiger partial charge in [-0.05, 0) is 43.9 Å². The Hall–Kier alpha value is -1.75.